The largest absolute Gasteiger partial charge is 0.439 e. The Bertz CT molecular complexity index is 1500. The highest BCUT2D eigenvalue weighted by Gasteiger charge is 2.40. The minimum absolute atomic E-state index is 0.143. The minimum Gasteiger partial charge on any atom is -0.370 e. The molecule has 10 nitrogen and oxygen atoms in total. The number of pyridine rings is 1. The van der Waals surface area contributed by atoms with Crippen LogP contribution in [0.15, 0.2) is 27.8 Å². The molecule has 0 amide bonds. The van der Waals surface area contributed by atoms with Crippen LogP contribution in [0, 0.1) is 11.8 Å². The van der Waals surface area contributed by atoms with E-state index in [1.54, 1.807) is 19.5 Å². The Morgan fingerprint density at radius 3 is 2.61 bits per heavy atom. The topological polar surface area (TPSA) is 125 Å². The van der Waals surface area contributed by atoms with Crippen LogP contribution < -0.4 is 5.76 Å². The number of aromatic amines is 1. The Labute approximate surface area is 225 Å². The van der Waals surface area contributed by atoms with Gasteiger partial charge in [-0.15, -0.1) is 0 Å². The van der Waals surface area contributed by atoms with Crippen molar-refractivity contribution in [2.45, 2.75) is 76.9 Å². The number of imidazole rings is 1. The standard InChI is InChI=1S/C27H32ClN7O3/c1-16-6-8-17(9-7-16)15-35-21-20(18-12-19(28)14-29-13-18)30-23(24-33-26(36)38-34-24)31-22(21)32-25(35)27(37-2)10-4-3-5-11-27/h12-14,16-17H,3-11,15H2,1-2H3,(H,33,34,36). The van der Waals surface area contributed by atoms with Gasteiger partial charge in [-0.2, -0.15) is 0 Å². The van der Waals surface area contributed by atoms with Crippen LogP contribution in [0.25, 0.3) is 34.1 Å². The molecule has 11 heteroatoms. The van der Waals surface area contributed by atoms with Gasteiger partial charge in [0.15, 0.2) is 5.65 Å². The van der Waals surface area contributed by atoms with Crippen LogP contribution in [0.1, 0.15) is 70.5 Å². The maximum absolute atomic E-state index is 11.7. The quantitative estimate of drug-likeness (QED) is 0.341. The van der Waals surface area contributed by atoms with E-state index in [4.69, 9.17) is 35.8 Å². The zero-order valence-corrected chi connectivity index (χ0v) is 22.5. The number of H-pyrrole nitrogens is 1. The van der Waals surface area contributed by atoms with Gasteiger partial charge in [0.1, 0.15) is 22.6 Å². The lowest BCUT2D eigenvalue weighted by atomic mass is 9.82. The number of aromatic nitrogens is 7. The van der Waals surface area contributed by atoms with Gasteiger partial charge >= 0.3 is 5.76 Å². The Kier molecular flexibility index (Phi) is 6.77. The molecule has 0 aromatic carbocycles. The fourth-order valence-electron chi connectivity index (χ4n) is 6.15. The first-order chi connectivity index (χ1) is 18.5. The first-order valence-electron chi connectivity index (χ1n) is 13.5. The summed E-state index contributed by atoms with van der Waals surface area (Å²) in [6.45, 7) is 3.15. The van der Waals surface area contributed by atoms with E-state index >= 15 is 0 Å². The van der Waals surface area contributed by atoms with Crippen LogP contribution in [-0.2, 0) is 16.9 Å². The molecule has 1 N–H and O–H groups in total. The molecule has 2 fully saturated rings. The predicted molar refractivity (Wildman–Crippen MR) is 143 cm³/mol. The highest BCUT2D eigenvalue weighted by Crippen LogP contribution is 2.43. The van der Waals surface area contributed by atoms with Crippen molar-refractivity contribution >= 4 is 22.8 Å². The molecule has 2 aliphatic carbocycles. The van der Waals surface area contributed by atoms with E-state index in [1.807, 2.05) is 6.07 Å². The number of hydrogen-bond donors (Lipinski definition) is 1. The summed E-state index contributed by atoms with van der Waals surface area (Å²) in [6.07, 6.45) is 13.3. The van der Waals surface area contributed by atoms with Gasteiger partial charge in [-0.25, -0.2) is 19.7 Å². The van der Waals surface area contributed by atoms with Crippen LogP contribution in [0.3, 0.4) is 0 Å². The second-order valence-corrected chi connectivity index (χ2v) is 11.3. The van der Waals surface area contributed by atoms with E-state index in [9.17, 15) is 4.79 Å². The average molecular weight is 538 g/mol. The number of ether oxygens (including phenoxy) is 1. The second kappa shape index (κ2) is 10.2. The third-order valence-electron chi connectivity index (χ3n) is 8.27. The van der Waals surface area contributed by atoms with Gasteiger partial charge < -0.3 is 9.30 Å². The normalized spacial score (nSPS) is 21.7. The van der Waals surface area contributed by atoms with Gasteiger partial charge in [-0.3, -0.25) is 14.5 Å². The van der Waals surface area contributed by atoms with Crippen molar-refractivity contribution in [3.8, 4) is 22.9 Å². The van der Waals surface area contributed by atoms with Gasteiger partial charge in [0.25, 0.3) is 0 Å². The molecular weight excluding hydrogens is 506 g/mol. The summed E-state index contributed by atoms with van der Waals surface area (Å²) in [5, 5.41) is 4.32. The van der Waals surface area contributed by atoms with E-state index in [0.717, 1.165) is 55.1 Å². The van der Waals surface area contributed by atoms with Crippen LogP contribution in [-0.4, -0.2) is 41.8 Å². The van der Waals surface area contributed by atoms with E-state index in [0.29, 0.717) is 22.3 Å². The number of hydrogen-bond acceptors (Lipinski definition) is 8. The highest BCUT2D eigenvalue weighted by molar-refractivity contribution is 6.30. The molecule has 0 spiro atoms. The lowest BCUT2D eigenvalue weighted by molar-refractivity contribution is -0.0541. The molecule has 0 radical (unpaired) electrons. The molecule has 2 aliphatic rings. The lowest BCUT2D eigenvalue weighted by Gasteiger charge is -2.36. The number of nitrogens with zero attached hydrogens (tertiary/aromatic N) is 6. The molecule has 200 valence electrons. The summed E-state index contributed by atoms with van der Waals surface area (Å²) in [4.78, 5) is 33.4. The third-order valence-corrected chi connectivity index (χ3v) is 8.48. The molecular formula is C27H32ClN7O3. The van der Waals surface area contributed by atoms with Crippen LogP contribution >= 0.6 is 11.6 Å². The minimum atomic E-state index is -0.673. The van der Waals surface area contributed by atoms with Gasteiger partial charge in [0.2, 0.25) is 11.6 Å². The zero-order valence-electron chi connectivity index (χ0n) is 21.7. The molecule has 2 saturated carbocycles. The van der Waals surface area contributed by atoms with Crippen molar-refractivity contribution in [3.63, 3.8) is 0 Å². The SMILES string of the molecule is COC1(c2nc3nc(-c4noc(=O)[nH]4)nc(-c4cncc(Cl)c4)c3n2CC2CCC(C)CC2)CCCCC1. The predicted octanol–water partition coefficient (Wildman–Crippen LogP) is 5.52. The molecule has 0 saturated heterocycles. The Morgan fingerprint density at radius 2 is 1.92 bits per heavy atom. The Morgan fingerprint density at radius 1 is 1.13 bits per heavy atom. The number of nitrogens with one attached hydrogen (secondary N) is 1. The number of halogens is 1. The van der Waals surface area contributed by atoms with Crippen LogP contribution in [0.5, 0.6) is 0 Å². The van der Waals surface area contributed by atoms with Gasteiger partial charge in [-0.05, 0) is 43.6 Å². The summed E-state index contributed by atoms with van der Waals surface area (Å²) in [5.41, 5.74) is 2.22. The Balaban J connectivity index is 1.61. The molecule has 0 bridgehead atoms. The number of methoxy groups -OCH3 is 1. The van der Waals surface area contributed by atoms with Crippen molar-refractivity contribution in [1.29, 1.82) is 0 Å². The summed E-state index contributed by atoms with van der Waals surface area (Å²) in [5.74, 6) is 1.87. The molecule has 38 heavy (non-hydrogen) atoms. The van der Waals surface area contributed by atoms with Gasteiger partial charge in [0.05, 0.1) is 5.02 Å². The molecule has 4 heterocycles. The fraction of sp³-hybridized carbons (Fsp3) is 0.556. The van der Waals surface area contributed by atoms with Crippen LogP contribution in [0.2, 0.25) is 5.02 Å². The summed E-state index contributed by atoms with van der Waals surface area (Å²) >= 11 is 6.36. The maximum atomic E-state index is 11.7. The molecule has 0 aliphatic heterocycles. The zero-order chi connectivity index (χ0) is 26.3. The van der Waals surface area contributed by atoms with Crippen molar-refractivity contribution in [2.24, 2.45) is 11.8 Å². The summed E-state index contributed by atoms with van der Waals surface area (Å²) < 4.78 is 13.3. The fourth-order valence-corrected chi connectivity index (χ4v) is 6.32. The number of fused-ring (bicyclic) bond motifs is 1. The molecule has 4 aromatic heterocycles. The third kappa shape index (κ3) is 4.64. The van der Waals surface area contributed by atoms with Crippen LogP contribution in [0.4, 0.5) is 0 Å². The van der Waals surface area contributed by atoms with Crippen molar-refractivity contribution in [2.75, 3.05) is 7.11 Å². The van der Waals surface area contributed by atoms with Gasteiger partial charge in [0, 0.05) is 31.6 Å². The van der Waals surface area contributed by atoms with Crippen molar-refractivity contribution in [3.05, 3.63) is 39.9 Å². The van der Waals surface area contributed by atoms with E-state index < -0.39 is 11.4 Å². The Hall–Kier alpha value is -3.11. The van der Waals surface area contributed by atoms with Gasteiger partial charge in [-0.1, -0.05) is 55.8 Å². The second-order valence-electron chi connectivity index (χ2n) is 10.8. The van der Waals surface area contributed by atoms with E-state index in [-0.39, 0.29) is 11.6 Å². The molecule has 6 rings (SSSR count). The first-order valence-corrected chi connectivity index (χ1v) is 13.8. The number of rotatable bonds is 6. The maximum Gasteiger partial charge on any atom is 0.439 e. The van der Waals surface area contributed by atoms with E-state index in [1.165, 1.54) is 32.1 Å². The highest BCUT2D eigenvalue weighted by atomic mass is 35.5. The first kappa shape index (κ1) is 25.2. The monoisotopic (exact) mass is 537 g/mol. The smallest absolute Gasteiger partial charge is 0.370 e. The summed E-state index contributed by atoms with van der Waals surface area (Å²) in [7, 11) is 1.79. The molecule has 0 unspecified atom stereocenters. The molecule has 0 atom stereocenters. The average Bonchev–Trinajstić information content (AvgIpc) is 3.54. The van der Waals surface area contributed by atoms with Crippen molar-refractivity contribution < 1.29 is 9.26 Å². The van der Waals surface area contributed by atoms with Crippen molar-refractivity contribution in [1.82, 2.24) is 34.6 Å². The molecule has 4 aromatic rings. The lowest BCUT2D eigenvalue weighted by Crippen LogP contribution is -2.35. The van der Waals surface area contributed by atoms with E-state index in [2.05, 4.69) is 26.6 Å². The summed E-state index contributed by atoms with van der Waals surface area (Å²) in [6, 6.07) is 1.83.